The minimum atomic E-state index is -0.450. The summed E-state index contributed by atoms with van der Waals surface area (Å²) in [6.45, 7) is 4.05. The molecule has 2 heterocycles. The van der Waals surface area contributed by atoms with Gasteiger partial charge in [0.05, 0.1) is 5.75 Å². The van der Waals surface area contributed by atoms with E-state index >= 15 is 0 Å². The van der Waals surface area contributed by atoms with E-state index in [1.807, 2.05) is 18.2 Å². The molecule has 0 aliphatic heterocycles. The van der Waals surface area contributed by atoms with Crippen molar-refractivity contribution in [1.29, 1.82) is 0 Å². The first-order chi connectivity index (χ1) is 12.9. The van der Waals surface area contributed by atoms with Crippen molar-refractivity contribution in [3.05, 3.63) is 63.8 Å². The lowest BCUT2D eigenvalue weighted by Gasteiger charge is -2.07. The Morgan fingerprint density at radius 2 is 1.93 bits per heavy atom. The van der Waals surface area contributed by atoms with E-state index < -0.39 is 11.2 Å². The summed E-state index contributed by atoms with van der Waals surface area (Å²) in [4.78, 5) is 41.3. The third-order valence-electron chi connectivity index (χ3n) is 4.01. The number of hydrogen-bond donors (Lipinski definition) is 1. The number of imidazole rings is 1. The number of amides is 1. The predicted octanol–water partition coefficient (Wildman–Crippen LogP) is 1.35. The smallest absolute Gasteiger partial charge is 0.325 e. The molecule has 0 aliphatic carbocycles. The molecule has 0 radical (unpaired) electrons. The van der Waals surface area contributed by atoms with Gasteiger partial charge in [-0.25, -0.2) is 9.78 Å². The van der Waals surface area contributed by atoms with Crippen LogP contribution in [-0.4, -0.2) is 30.3 Å². The van der Waals surface area contributed by atoms with Crippen LogP contribution in [0.2, 0.25) is 0 Å². The van der Waals surface area contributed by atoms with Crippen LogP contribution in [0.1, 0.15) is 0 Å². The molecule has 0 atom stereocenters. The number of para-hydroxylation sites is 1. The van der Waals surface area contributed by atoms with Crippen LogP contribution in [0.4, 0.5) is 5.69 Å². The van der Waals surface area contributed by atoms with Crippen molar-refractivity contribution in [3.8, 4) is 0 Å². The van der Waals surface area contributed by atoms with Crippen LogP contribution in [0.15, 0.2) is 57.7 Å². The Balaban J connectivity index is 1.93. The van der Waals surface area contributed by atoms with Crippen molar-refractivity contribution in [2.24, 2.45) is 14.1 Å². The third-order valence-corrected chi connectivity index (χ3v) is 4.99. The molecule has 0 aliphatic rings. The molecule has 9 heteroatoms. The molecule has 0 saturated heterocycles. The van der Waals surface area contributed by atoms with Gasteiger partial charge >= 0.3 is 5.69 Å². The second kappa shape index (κ2) is 7.67. The summed E-state index contributed by atoms with van der Waals surface area (Å²) in [5, 5.41) is 3.28. The van der Waals surface area contributed by atoms with Crippen LogP contribution in [0.25, 0.3) is 11.2 Å². The van der Waals surface area contributed by atoms with Crippen LogP contribution in [0.5, 0.6) is 0 Å². The highest BCUT2D eigenvalue weighted by Crippen LogP contribution is 2.22. The average Bonchev–Trinajstić information content (AvgIpc) is 3.03. The van der Waals surface area contributed by atoms with E-state index in [0.29, 0.717) is 22.9 Å². The number of carbonyl (C=O) groups excluding carboxylic acids is 1. The summed E-state index contributed by atoms with van der Waals surface area (Å²) in [6, 6.07) is 9.14. The van der Waals surface area contributed by atoms with Gasteiger partial charge < -0.3 is 9.88 Å². The molecule has 0 spiro atoms. The number of carbonyl (C=O) groups is 1. The number of rotatable bonds is 6. The van der Waals surface area contributed by atoms with Crippen molar-refractivity contribution in [2.45, 2.75) is 11.7 Å². The van der Waals surface area contributed by atoms with E-state index in [9.17, 15) is 14.4 Å². The van der Waals surface area contributed by atoms with Crippen molar-refractivity contribution in [2.75, 3.05) is 11.1 Å². The van der Waals surface area contributed by atoms with Gasteiger partial charge in [0.2, 0.25) is 5.91 Å². The molecule has 140 valence electrons. The molecule has 3 rings (SSSR count). The van der Waals surface area contributed by atoms with E-state index in [4.69, 9.17) is 0 Å². The maximum atomic E-state index is 12.6. The molecular formula is C18H19N5O3S. The number of aryl methyl sites for hydroxylation is 1. The standard InChI is InChI=1S/C18H19N5O3S/c1-4-10-23-14-15(21(2)18(26)22(3)16(14)25)20-17(23)27-11-13(24)19-12-8-6-5-7-9-12/h4-9H,1,10-11H2,2-3H3,(H,19,24). The zero-order valence-electron chi connectivity index (χ0n) is 15.0. The Morgan fingerprint density at radius 3 is 2.59 bits per heavy atom. The highest BCUT2D eigenvalue weighted by Gasteiger charge is 2.19. The fourth-order valence-corrected chi connectivity index (χ4v) is 3.49. The molecule has 0 fully saturated rings. The van der Waals surface area contributed by atoms with Crippen LogP contribution in [0, 0.1) is 0 Å². The van der Waals surface area contributed by atoms with Crippen LogP contribution in [-0.2, 0) is 25.4 Å². The van der Waals surface area contributed by atoms with E-state index in [1.54, 1.807) is 29.8 Å². The summed E-state index contributed by atoms with van der Waals surface area (Å²) in [6.07, 6.45) is 1.64. The molecule has 0 unspecified atom stereocenters. The zero-order chi connectivity index (χ0) is 19.6. The minimum Gasteiger partial charge on any atom is -0.325 e. The van der Waals surface area contributed by atoms with E-state index in [2.05, 4.69) is 16.9 Å². The lowest BCUT2D eigenvalue weighted by molar-refractivity contribution is -0.113. The molecule has 0 saturated carbocycles. The Morgan fingerprint density at radius 1 is 1.22 bits per heavy atom. The number of thioether (sulfide) groups is 1. The van der Waals surface area contributed by atoms with Gasteiger partial charge in [-0.1, -0.05) is 36.0 Å². The molecule has 1 N–H and O–H groups in total. The highest BCUT2D eigenvalue weighted by molar-refractivity contribution is 7.99. The minimum absolute atomic E-state index is 0.115. The van der Waals surface area contributed by atoms with E-state index in [-0.39, 0.29) is 17.3 Å². The van der Waals surface area contributed by atoms with Gasteiger partial charge in [0.15, 0.2) is 16.3 Å². The average molecular weight is 385 g/mol. The maximum absolute atomic E-state index is 12.6. The van der Waals surface area contributed by atoms with E-state index in [1.165, 1.54) is 23.4 Å². The Kier molecular flexibility index (Phi) is 5.31. The second-order valence-corrected chi connectivity index (χ2v) is 6.82. The zero-order valence-corrected chi connectivity index (χ0v) is 15.8. The molecule has 8 nitrogen and oxygen atoms in total. The lowest BCUT2D eigenvalue weighted by atomic mass is 10.3. The normalized spacial score (nSPS) is 10.9. The quantitative estimate of drug-likeness (QED) is 0.511. The summed E-state index contributed by atoms with van der Waals surface area (Å²) >= 11 is 1.20. The first kappa shape index (κ1) is 18.7. The molecule has 3 aromatic rings. The van der Waals surface area contributed by atoms with Gasteiger partial charge in [0, 0.05) is 26.3 Å². The Hall–Kier alpha value is -3.07. The molecule has 0 bridgehead atoms. The van der Waals surface area contributed by atoms with Gasteiger partial charge in [-0.05, 0) is 12.1 Å². The topological polar surface area (TPSA) is 90.9 Å². The van der Waals surface area contributed by atoms with Crippen molar-refractivity contribution < 1.29 is 4.79 Å². The van der Waals surface area contributed by atoms with Gasteiger partial charge in [-0.2, -0.15) is 0 Å². The van der Waals surface area contributed by atoms with Gasteiger partial charge in [0.1, 0.15) is 0 Å². The second-order valence-electron chi connectivity index (χ2n) is 5.87. The number of allylic oxidation sites excluding steroid dienone is 1. The Labute approximate surface area is 159 Å². The maximum Gasteiger partial charge on any atom is 0.332 e. The monoisotopic (exact) mass is 385 g/mol. The number of aromatic nitrogens is 4. The van der Waals surface area contributed by atoms with Gasteiger partial charge in [-0.3, -0.25) is 18.7 Å². The number of fused-ring (bicyclic) bond motifs is 1. The van der Waals surface area contributed by atoms with Crippen molar-refractivity contribution in [3.63, 3.8) is 0 Å². The van der Waals surface area contributed by atoms with Gasteiger partial charge in [-0.15, -0.1) is 6.58 Å². The molecule has 1 amide bonds. The first-order valence-corrected chi connectivity index (χ1v) is 9.17. The van der Waals surface area contributed by atoms with Crippen LogP contribution < -0.4 is 16.6 Å². The number of hydrogen-bond acceptors (Lipinski definition) is 5. The fourth-order valence-electron chi connectivity index (χ4n) is 2.68. The molecule has 1 aromatic carbocycles. The summed E-state index contributed by atoms with van der Waals surface area (Å²) < 4.78 is 4.04. The number of anilines is 1. The number of nitrogens with zero attached hydrogens (tertiary/aromatic N) is 4. The van der Waals surface area contributed by atoms with Crippen LogP contribution >= 0.6 is 11.8 Å². The highest BCUT2D eigenvalue weighted by atomic mass is 32.2. The van der Waals surface area contributed by atoms with Crippen LogP contribution in [0.3, 0.4) is 0 Å². The van der Waals surface area contributed by atoms with Gasteiger partial charge in [0.25, 0.3) is 5.56 Å². The lowest BCUT2D eigenvalue weighted by Crippen LogP contribution is -2.37. The summed E-state index contributed by atoms with van der Waals surface area (Å²) in [5.74, 6) is -0.0749. The Bertz CT molecular complexity index is 1130. The SMILES string of the molecule is C=CCn1c(SCC(=O)Nc2ccccc2)nc2c1c(=O)n(C)c(=O)n2C. The number of benzene rings is 1. The molecular weight excluding hydrogens is 366 g/mol. The first-order valence-electron chi connectivity index (χ1n) is 8.19. The fraction of sp³-hybridized carbons (Fsp3) is 0.222. The van der Waals surface area contributed by atoms with E-state index in [0.717, 1.165) is 4.57 Å². The third kappa shape index (κ3) is 3.59. The van der Waals surface area contributed by atoms with Crippen molar-refractivity contribution in [1.82, 2.24) is 18.7 Å². The number of nitrogens with one attached hydrogen (secondary N) is 1. The summed E-state index contributed by atoms with van der Waals surface area (Å²) in [5.41, 5.74) is 0.428. The molecule has 27 heavy (non-hydrogen) atoms. The molecule has 2 aromatic heterocycles. The van der Waals surface area contributed by atoms with Crippen molar-refractivity contribution >= 4 is 34.5 Å². The summed E-state index contributed by atoms with van der Waals surface area (Å²) in [7, 11) is 2.99. The predicted molar refractivity (Wildman–Crippen MR) is 106 cm³/mol. The largest absolute Gasteiger partial charge is 0.332 e.